The Labute approximate surface area is 173 Å². The molecule has 30 heavy (non-hydrogen) atoms. The molecule has 0 fully saturated rings. The first-order chi connectivity index (χ1) is 14.1. The van der Waals surface area contributed by atoms with Gasteiger partial charge in [-0.15, -0.1) is 0 Å². The molecule has 154 valence electrons. The molecule has 4 rings (SSSR count). The third-order valence-electron chi connectivity index (χ3n) is 5.15. The Kier molecular flexibility index (Phi) is 4.91. The van der Waals surface area contributed by atoms with Crippen molar-refractivity contribution >= 4 is 15.7 Å². The van der Waals surface area contributed by atoms with Gasteiger partial charge in [0.25, 0.3) is 5.56 Å². The Hall–Kier alpha value is -3.10. The Morgan fingerprint density at radius 3 is 2.43 bits per heavy atom. The van der Waals surface area contributed by atoms with Crippen molar-refractivity contribution in [3.8, 4) is 11.1 Å². The first-order valence-corrected chi connectivity index (χ1v) is 11.0. The van der Waals surface area contributed by atoms with E-state index >= 15 is 0 Å². The van der Waals surface area contributed by atoms with Crippen LogP contribution in [0.25, 0.3) is 11.1 Å². The second-order valence-electron chi connectivity index (χ2n) is 7.44. The molecule has 0 bridgehead atoms. The van der Waals surface area contributed by atoms with Gasteiger partial charge in [0.1, 0.15) is 5.82 Å². The van der Waals surface area contributed by atoms with E-state index in [2.05, 4.69) is 0 Å². The van der Waals surface area contributed by atoms with E-state index in [1.54, 1.807) is 49.6 Å². The van der Waals surface area contributed by atoms with Crippen LogP contribution < -0.4 is 10.7 Å². The van der Waals surface area contributed by atoms with Crippen molar-refractivity contribution < 1.29 is 12.8 Å². The molecule has 0 saturated heterocycles. The number of sulfonamides is 1. The van der Waals surface area contributed by atoms with Crippen LogP contribution in [0.15, 0.2) is 64.5 Å². The summed E-state index contributed by atoms with van der Waals surface area (Å²) in [7, 11) is -2.05. The van der Waals surface area contributed by atoms with E-state index in [4.69, 9.17) is 10.1 Å². The van der Waals surface area contributed by atoms with Gasteiger partial charge in [0, 0.05) is 36.0 Å². The number of pyridine rings is 1. The van der Waals surface area contributed by atoms with E-state index in [0.29, 0.717) is 11.3 Å². The average Bonchev–Trinajstić information content (AvgIpc) is 2.77. The summed E-state index contributed by atoms with van der Waals surface area (Å²) in [6.07, 6.45) is 1.73. The average molecular weight is 425 g/mol. The van der Waals surface area contributed by atoms with Crippen molar-refractivity contribution in [3.05, 3.63) is 93.2 Å². The van der Waals surface area contributed by atoms with Gasteiger partial charge in [-0.05, 0) is 53.9 Å². The number of primary sulfonamides is 1. The summed E-state index contributed by atoms with van der Waals surface area (Å²) in [5.41, 5.74) is 4.78. The molecule has 1 atom stereocenters. The molecule has 0 amide bonds. The van der Waals surface area contributed by atoms with Gasteiger partial charge in [0.05, 0.1) is 17.5 Å². The molecule has 0 unspecified atom stereocenters. The van der Waals surface area contributed by atoms with E-state index in [1.165, 1.54) is 16.7 Å². The minimum atomic E-state index is -3.71. The predicted molar refractivity (Wildman–Crippen MR) is 114 cm³/mol. The Morgan fingerprint density at radius 1 is 1.07 bits per heavy atom. The summed E-state index contributed by atoms with van der Waals surface area (Å²) in [4.78, 5) is 17.1. The second-order valence-corrected chi connectivity index (χ2v) is 9.05. The lowest BCUT2D eigenvalue weighted by atomic mass is 9.91. The maximum atomic E-state index is 13.5. The lowest BCUT2D eigenvalue weighted by Crippen LogP contribution is -2.17. The highest BCUT2D eigenvalue weighted by atomic mass is 32.2. The highest BCUT2D eigenvalue weighted by molar-refractivity contribution is 7.88. The van der Waals surface area contributed by atoms with E-state index in [1.807, 2.05) is 6.92 Å². The van der Waals surface area contributed by atoms with Crippen LogP contribution in [0.5, 0.6) is 0 Å². The first kappa shape index (κ1) is 20.2. The number of benzene rings is 2. The number of hydrogen-bond acceptors (Lipinski definition) is 4. The molecule has 0 saturated carbocycles. The maximum absolute atomic E-state index is 13.5. The third-order valence-corrected chi connectivity index (χ3v) is 5.88. The topological polar surface area (TPSA) is 94.5 Å². The van der Waals surface area contributed by atoms with E-state index in [9.17, 15) is 17.6 Å². The molecule has 2 N–H and O–H groups in total. The van der Waals surface area contributed by atoms with Gasteiger partial charge in [0.15, 0.2) is 0 Å². The summed E-state index contributed by atoms with van der Waals surface area (Å²) in [5.74, 6) is -0.656. The Bertz CT molecular complexity index is 1340. The highest BCUT2D eigenvalue weighted by Crippen LogP contribution is 2.37. The predicted octanol–water partition coefficient (Wildman–Crippen LogP) is 2.89. The van der Waals surface area contributed by atoms with Crippen molar-refractivity contribution in [2.24, 2.45) is 17.2 Å². The van der Waals surface area contributed by atoms with Crippen LogP contribution in [0.4, 0.5) is 4.39 Å². The molecule has 2 heterocycles. The molecule has 1 aliphatic rings. The maximum Gasteiger partial charge on any atom is 0.250 e. The van der Waals surface area contributed by atoms with Gasteiger partial charge < -0.3 is 4.57 Å². The molecule has 6 nitrogen and oxygen atoms in total. The molecule has 0 aliphatic carbocycles. The lowest BCUT2D eigenvalue weighted by Gasteiger charge is -2.14. The summed E-state index contributed by atoms with van der Waals surface area (Å²) < 4.78 is 38.2. The van der Waals surface area contributed by atoms with Crippen LogP contribution >= 0.6 is 0 Å². The number of fused-ring (bicyclic) bond motifs is 3. The number of aryl methyl sites for hydroxylation is 1. The number of halogens is 1. The molecule has 0 radical (unpaired) electrons. The van der Waals surface area contributed by atoms with E-state index in [-0.39, 0.29) is 23.2 Å². The van der Waals surface area contributed by atoms with Gasteiger partial charge in [-0.25, -0.2) is 17.9 Å². The SMILES string of the molecule is C[C@@H]1N=C(c2ccc(F)cc2)c2ccc(CS(N)(=O)=O)cc2-c2cn(C)c(=O)cc21. The van der Waals surface area contributed by atoms with Crippen LogP contribution in [0.3, 0.4) is 0 Å². The van der Waals surface area contributed by atoms with Crippen molar-refractivity contribution in [2.45, 2.75) is 18.7 Å². The molecule has 1 aliphatic heterocycles. The van der Waals surface area contributed by atoms with Crippen molar-refractivity contribution in [3.63, 3.8) is 0 Å². The molecule has 0 spiro atoms. The smallest absolute Gasteiger partial charge is 0.250 e. The minimum Gasteiger partial charge on any atom is -0.318 e. The zero-order valence-electron chi connectivity index (χ0n) is 16.5. The summed E-state index contributed by atoms with van der Waals surface area (Å²) in [6, 6.07) is 12.5. The number of nitrogens with two attached hydrogens (primary N) is 1. The Morgan fingerprint density at radius 2 is 1.77 bits per heavy atom. The number of aliphatic imine (C=N–C) groups is 1. The molecular formula is C22H20FN3O3S. The number of hydrogen-bond donors (Lipinski definition) is 1. The van der Waals surface area contributed by atoms with Crippen LogP contribution in [-0.2, 0) is 22.8 Å². The van der Waals surface area contributed by atoms with Gasteiger partial charge in [-0.1, -0.05) is 12.1 Å². The van der Waals surface area contributed by atoms with Crippen LogP contribution in [0.1, 0.15) is 35.2 Å². The van der Waals surface area contributed by atoms with Crippen molar-refractivity contribution in [2.75, 3.05) is 0 Å². The fraction of sp³-hybridized carbons (Fsp3) is 0.182. The number of rotatable bonds is 3. The molecule has 1 aromatic heterocycles. The van der Waals surface area contributed by atoms with Gasteiger partial charge in [-0.3, -0.25) is 9.79 Å². The van der Waals surface area contributed by atoms with Gasteiger partial charge >= 0.3 is 0 Å². The van der Waals surface area contributed by atoms with Gasteiger partial charge in [-0.2, -0.15) is 0 Å². The zero-order valence-corrected chi connectivity index (χ0v) is 17.3. The van der Waals surface area contributed by atoms with Crippen LogP contribution in [0, 0.1) is 5.82 Å². The standard InChI is InChI=1S/C22H20FN3O3S/c1-13-18-10-21(27)26(2)11-20(18)19-9-14(12-30(24,28)29)3-8-17(19)22(25-13)15-4-6-16(23)7-5-15/h3-11,13H,12H2,1-2H3,(H2,24,28,29)/t13-/m0/s1. The van der Waals surface area contributed by atoms with Crippen molar-refractivity contribution in [1.82, 2.24) is 4.57 Å². The Balaban J connectivity index is 2.02. The van der Waals surface area contributed by atoms with Crippen LogP contribution in [0.2, 0.25) is 0 Å². The fourth-order valence-corrected chi connectivity index (χ4v) is 4.37. The van der Waals surface area contributed by atoms with Crippen molar-refractivity contribution in [1.29, 1.82) is 0 Å². The largest absolute Gasteiger partial charge is 0.318 e. The fourth-order valence-electron chi connectivity index (χ4n) is 3.73. The minimum absolute atomic E-state index is 0.164. The number of aromatic nitrogens is 1. The molecule has 2 aromatic carbocycles. The van der Waals surface area contributed by atoms with Crippen LogP contribution in [-0.4, -0.2) is 18.7 Å². The highest BCUT2D eigenvalue weighted by Gasteiger charge is 2.24. The zero-order chi connectivity index (χ0) is 21.6. The molecule has 3 aromatic rings. The number of nitrogens with zero attached hydrogens (tertiary/aromatic N) is 2. The lowest BCUT2D eigenvalue weighted by molar-refractivity contribution is 0.597. The van der Waals surface area contributed by atoms with E-state index < -0.39 is 10.0 Å². The summed E-state index contributed by atoms with van der Waals surface area (Å²) >= 11 is 0. The van der Waals surface area contributed by atoms with Gasteiger partial charge in [0.2, 0.25) is 10.0 Å². The quantitative estimate of drug-likeness (QED) is 0.699. The molecular weight excluding hydrogens is 405 g/mol. The summed E-state index contributed by atoms with van der Waals surface area (Å²) in [6.45, 7) is 1.89. The third kappa shape index (κ3) is 3.83. The normalized spacial score (nSPS) is 15.7. The first-order valence-electron chi connectivity index (χ1n) is 9.31. The van der Waals surface area contributed by atoms with E-state index in [0.717, 1.165) is 27.8 Å². The monoisotopic (exact) mass is 425 g/mol. The second kappa shape index (κ2) is 7.30. The molecule has 8 heteroatoms. The summed E-state index contributed by atoms with van der Waals surface area (Å²) in [5, 5.41) is 5.24.